The first-order valence-electron chi connectivity index (χ1n) is 8.15. The fourth-order valence-electron chi connectivity index (χ4n) is 2.99. The van der Waals surface area contributed by atoms with Crippen LogP contribution >= 0.6 is 0 Å². The van der Waals surface area contributed by atoms with E-state index >= 15 is 0 Å². The molecule has 3 rings (SSSR count). The van der Waals surface area contributed by atoms with Gasteiger partial charge in [0.25, 0.3) is 5.91 Å². The first kappa shape index (κ1) is 17.1. The lowest BCUT2D eigenvalue weighted by molar-refractivity contribution is -0.140. The number of rotatable bonds is 5. The van der Waals surface area contributed by atoms with Crippen LogP contribution in [0.25, 0.3) is 0 Å². The zero-order valence-corrected chi connectivity index (χ0v) is 13.9. The third-order valence-corrected chi connectivity index (χ3v) is 4.29. The lowest BCUT2D eigenvalue weighted by atomic mass is 10.1. The number of nitrogens with zero attached hydrogens (tertiary/aromatic N) is 1. The van der Waals surface area contributed by atoms with Gasteiger partial charge in [-0.05, 0) is 31.0 Å². The molecule has 2 aliphatic rings. The highest BCUT2D eigenvalue weighted by Gasteiger charge is 2.34. The number of fused-ring (bicyclic) bond motifs is 1. The molecule has 1 N–H and O–H groups in total. The van der Waals surface area contributed by atoms with E-state index in [2.05, 4.69) is 10.1 Å². The Morgan fingerprint density at radius 2 is 2.08 bits per heavy atom. The molecule has 2 amide bonds. The first-order chi connectivity index (χ1) is 12.1. The molecule has 8 nitrogen and oxygen atoms in total. The van der Waals surface area contributed by atoms with E-state index in [1.165, 1.54) is 7.11 Å². The summed E-state index contributed by atoms with van der Waals surface area (Å²) < 4.78 is 15.1. The van der Waals surface area contributed by atoms with Crippen LogP contribution in [0.15, 0.2) is 18.2 Å². The number of ether oxygens (including phenoxy) is 3. The Balaban J connectivity index is 1.63. The largest absolute Gasteiger partial charge is 0.469 e. The first-order valence-corrected chi connectivity index (χ1v) is 8.15. The van der Waals surface area contributed by atoms with E-state index in [4.69, 9.17) is 9.47 Å². The molecule has 0 spiro atoms. The van der Waals surface area contributed by atoms with Gasteiger partial charge in [-0.1, -0.05) is 0 Å². The van der Waals surface area contributed by atoms with Gasteiger partial charge in [0.05, 0.1) is 13.5 Å². The maximum Gasteiger partial charge on any atom is 0.307 e. The molecule has 8 heteroatoms. The van der Waals surface area contributed by atoms with Crippen molar-refractivity contribution in [3.63, 3.8) is 0 Å². The van der Waals surface area contributed by atoms with Crippen molar-refractivity contribution in [1.82, 2.24) is 10.2 Å². The molecular formula is C17H20N2O6. The van der Waals surface area contributed by atoms with Crippen molar-refractivity contribution in [3.8, 4) is 11.5 Å². The van der Waals surface area contributed by atoms with Gasteiger partial charge >= 0.3 is 5.97 Å². The van der Waals surface area contributed by atoms with Crippen LogP contribution in [0.4, 0.5) is 0 Å². The molecule has 2 aliphatic heterocycles. The number of carbonyl (C=O) groups is 3. The average Bonchev–Trinajstić information content (AvgIpc) is 3.29. The molecule has 1 aromatic carbocycles. The molecule has 1 fully saturated rings. The zero-order valence-electron chi connectivity index (χ0n) is 13.9. The van der Waals surface area contributed by atoms with E-state index < -0.39 is 6.04 Å². The van der Waals surface area contributed by atoms with Crippen molar-refractivity contribution in [2.24, 2.45) is 0 Å². The summed E-state index contributed by atoms with van der Waals surface area (Å²) in [6.45, 7) is 0.846. The van der Waals surface area contributed by atoms with Crippen LogP contribution < -0.4 is 14.8 Å². The second kappa shape index (κ2) is 7.42. The maximum atomic E-state index is 12.8. The third kappa shape index (κ3) is 3.67. The normalized spacial score (nSPS) is 18.1. The van der Waals surface area contributed by atoms with Crippen LogP contribution in [-0.2, 0) is 14.3 Å². The Labute approximate surface area is 145 Å². The van der Waals surface area contributed by atoms with Gasteiger partial charge in [0, 0.05) is 18.7 Å². The summed E-state index contributed by atoms with van der Waals surface area (Å²) in [6, 6.07) is 4.46. The number of benzene rings is 1. The van der Waals surface area contributed by atoms with Gasteiger partial charge in [0.15, 0.2) is 11.5 Å². The van der Waals surface area contributed by atoms with Crippen LogP contribution in [0.3, 0.4) is 0 Å². The Hall–Kier alpha value is -2.77. The minimum atomic E-state index is -0.532. The summed E-state index contributed by atoms with van der Waals surface area (Å²) in [5.41, 5.74) is 0.457. The number of nitrogens with one attached hydrogen (secondary N) is 1. The lowest BCUT2D eigenvalue weighted by Crippen LogP contribution is -2.46. The summed E-state index contributed by atoms with van der Waals surface area (Å²) in [5.74, 6) is 0.277. The number of methoxy groups -OCH3 is 1. The lowest BCUT2D eigenvalue weighted by Gasteiger charge is -2.24. The van der Waals surface area contributed by atoms with Gasteiger partial charge in [-0.2, -0.15) is 0 Å². The number of esters is 1. The smallest absolute Gasteiger partial charge is 0.307 e. The van der Waals surface area contributed by atoms with Crippen molar-refractivity contribution in [2.45, 2.75) is 25.3 Å². The van der Waals surface area contributed by atoms with E-state index in [0.717, 1.165) is 6.42 Å². The minimum absolute atomic E-state index is 0.102. The van der Waals surface area contributed by atoms with E-state index in [0.29, 0.717) is 30.0 Å². The van der Waals surface area contributed by atoms with Crippen LogP contribution in [0.1, 0.15) is 29.6 Å². The summed E-state index contributed by atoms with van der Waals surface area (Å²) in [4.78, 5) is 37.8. The topological polar surface area (TPSA) is 94.2 Å². The fourth-order valence-corrected chi connectivity index (χ4v) is 2.99. The van der Waals surface area contributed by atoms with E-state index in [1.54, 1.807) is 23.1 Å². The number of likely N-dealkylation sites (tertiary alicyclic amines) is 1. The summed E-state index contributed by atoms with van der Waals surface area (Å²) >= 11 is 0. The summed E-state index contributed by atoms with van der Waals surface area (Å²) in [6.07, 6.45) is 1.46. The highest BCUT2D eigenvalue weighted by molar-refractivity contribution is 5.98. The molecule has 134 valence electrons. The third-order valence-electron chi connectivity index (χ3n) is 4.29. The van der Waals surface area contributed by atoms with Gasteiger partial charge in [-0.15, -0.1) is 0 Å². The van der Waals surface area contributed by atoms with E-state index in [9.17, 15) is 14.4 Å². The molecule has 0 bridgehead atoms. The van der Waals surface area contributed by atoms with Crippen molar-refractivity contribution < 1.29 is 28.6 Å². The van der Waals surface area contributed by atoms with Crippen LogP contribution in [-0.4, -0.2) is 55.7 Å². The van der Waals surface area contributed by atoms with Crippen molar-refractivity contribution in [2.75, 3.05) is 27.0 Å². The molecular weight excluding hydrogens is 328 g/mol. The van der Waals surface area contributed by atoms with Crippen molar-refractivity contribution in [1.29, 1.82) is 0 Å². The number of amides is 2. The highest BCUT2D eigenvalue weighted by atomic mass is 16.7. The Morgan fingerprint density at radius 3 is 2.88 bits per heavy atom. The van der Waals surface area contributed by atoms with Gasteiger partial charge in [0.2, 0.25) is 12.7 Å². The molecule has 1 aromatic rings. The summed E-state index contributed by atoms with van der Waals surface area (Å²) in [7, 11) is 1.30. The predicted molar refractivity (Wildman–Crippen MR) is 86.3 cm³/mol. The molecule has 0 aromatic heterocycles. The molecule has 0 unspecified atom stereocenters. The standard InChI is InChI=1S/C17H20N2O6/c1-23-15(20)6-7-18-16(21)12-3-2-8-19(12)17(22)11-4-5-13-14(9-11)25-10-24-13/h4-5,9,12H,2-3,6-8,10H2,1H3,(H,18,21)/t12-/m1/s1. The summed E-state index contributed by atoms with van der Waals surface area (Å²) in [5, 5.41) is 2.69. The molecule has 1 atom stereocenters. The van der Waals surface area contributed by atoms with Crippen LogP contribution in [0.2, 0.25) is 0 Å². The maximum absolute atomic E-state index is 12.8. The molecule has 0 radical (unpaired) electrons. The molecule has 0 aliphatic carbocycles. The van der Waals surface area contributed by atoms with Crippen molar-refractivity contribution in [3.05, 3.63) is 23.8 Å². The Bertz CT molecular complexity index is 690. The second-order valence-electron chi connectivity index (χ2n) is 5.84. The monoisotopic (exact) mass is 348 g/mol. The van der Waals surface area contributed by atoms with E-state index in [1.807, 2.05) is 0 Å². The second-order valence-corrected chi connectivity index (χ2v) is 5.84. The predicted octanol–water partition coefficient (Wildman–Crippen LogP) is 0.699. The highest BCUT2D eigenvalue weighted by Crippen LogP contribution is 2.33. The number of hydrogen-bond acceptors (Lipinski definition) is 6. The van der Waals surface area contributed by atoms with Gasteiger partial charge in [0.1, 0.15) is 6.04 Å². The minimum Gasteiger partial charge on any atom is -0.469 e. The Kier molecular flexibility index (Phi) is 5.06. The number of hydrogen-bond donors (Lipinski definition) is 1. The fraction of sp³-hybridized carbons (Fsp3) is 0.471. The van der Waals surface area contributed by atoms with Crippen molar-refractivity contribution >= 4 is 17.8 Å². The van der Waals surface area contributed by atoms with Gasteiger partial charge < -0.3 is 24.4 Å². The average molecular weight is 348 g/mol. The SMILES string of the molecule is COC(=O)CCNC(=O)[C@H]1CCCN1C(=O)c1ccc2c(c1)OCO2. The van der Waals surface area contributed by atoms with Gasteiger partial charge in [-0.3, -0.25) is 14.4 Å². The molecule has 2 heterocycles. The Morgan fingerprint density at radius 1 is 1.28 bits per heavy atom. The van der Waals surface area contributed by atoms with Crippen LogP contribution in [0, 0.1) is 0 Å². The quantitative estimate of drug-likeness (QED) is 0.787. The van der Waals surface area contributed by atoms with Crippen LogP contribution in [0.5, 0.6) is 11.5 Å². The molecule has 25 heavy (non-hydrogen) atoms. The van der Waals surface area contributed by atoms with E-state index in [-0.39, 0.29) is 37.5 Å². The molecule has 1 saturated heterocycles. The van der Waals surface area contributed by atoms with Gasteiger partial charge in [-0.25, -0.2) is 0 Å². The zero-order chi connectivity index (χ0) is 17.8. The molecule has 0 saturated carbocycles. The number of carbonyl (C=O) groups excluding carboxylic acids is 3.